The Hall–Kier alpha value is -0.230. The Morgan fingerprint density at radius 2 is 2.17 bits per heavy atom. The number of hydrogen-bond acceptors (Lipinski definition) is 4. The van der Waals surface area contributed by atoms with Crippen molar-refractivity contribution in [2.45, 2.75) is 23.8 Å². The summed E-state index contributed by atoms with van der Waals surface area (Å²) in [7, 11) is -2.87. The van der Waals surface area contributed by atoms with E-state index in [4.69, 9.17) is 17.3 Å². The van der Waals surface area contributed by atoms with E-state index in [9.17, 15) is 8.42 Å². The standard InChI is InChI=1S/C12H18ClNO2S2/c1-18(15,16)7-3-5-11(14)9-17-12-6-2-4-10(13)8-12/h2,4,6,8,11H,3,5,7,9,14H2,1H3. The van der Waals surface area contributed by atoms with Gasteiger partial charge in [0.15, 0.2) is 0 Å². The highest BCUT2D eigenvalue weighted by atomic mass is 35.5. The van der Waals surface area contributed by atoms with Crippen LogP contribution in [0.4, 0.5) is 0 Å². The van der Waals surface area contributed by atoms with Crippen molar-refractivity contribution in [2.24, 2.45) is 5.73 Å². The van der Waals surface area contributed by atoms with E-state index in [0.717, 1.165) is 17.1 Å². The molecule has 0 saturated heterocycles. The van der Waals surface area contributed by atoms with Gasteiger partial charge in [0.25, 0.3) is 0 Å². The Labute approximate surface area is 118 Å². The fraction of sp³-hybridized carbons (Fsp3) is 0.500. The maximum absolute atomic E-state index is 11.0. The van der Waals surface area contributed by atoms with Crippen LogP contribution < -0.4 is 5.73 Å². The second-order valence-corrected chi connectivity index (χ2v) is 8.09. The van der Waals surface area contributed by atoms with Crippen LogP contribution in [0.2, 0.25) is 5.02 Å². The lowest BCUT2D eigenvalue weighted by molar-refractivity contribution is 0.591. The van der Waals surface area contributed by atoms with Crippen LogP contribution in [0.1, 0.15) is 12.8 Å². The molecule has 102 valence electrons. The fourth-order valence-corrected chi connectivity index (χ4v) is 3.36. The molecule has 0 heterocycles. The number of sulfone groups is 1. The lowest BCUT2D eigenvalue weighted by Gasteiger charge is -2.10. The first-order valence-corrected chi connectivity index (χ1v) is 9.11. The molecule has 1 atom stereocenters. The molecule has 0 fully saturated rings. The van der Waals surface area contributed by atoms with Crippen LogP contribution >= 0.6 is 23.4 Å². The van der Waals surface area contributed by atoms with Crippen LogP contribution in [-0.4, -0.2) is 32.2 Å². The molecule has 2 N–H and O–H groups in total. The van der Waals surface area contributed by atoms with Crippen molar-refractivity contribution in [3.63, 3.8) is 0 Å². The van der Waals surface area contributed by atoms with Crippen LogP contribution in [0.15, 0.2) is 29.2 Å². The molecule has 0 spiro atoms. The molecule has 0 saturated carbocycles. The SMILES string of the molecule is CS(=O)(=O)CCCC(N)CSc1cccc(Cl)c1. The Kier molecular flexibility index (Phi) is 6.49. The molecule has 3 nitrogen and oxygen atoms in total. The Morgan fingerprint density at radius 3 is 2.78 bits per heavy atom. The van der Waals surface area contributed by atoms with E-state index < -0.39 is 9.84 Å². The van der Waals surface area contributed by atoms with Gasteiger partial charge < -0.3 is 5.73 Å². The minimum Gasteiger partial charge on any atom is -0.327 e. The minimum absolute atomic E-state index is 0.00994. The first-order chi connectivity index (χ1) is 8.37. The van der Waals surface area contributed by atoms with Crippen molar-refractivity contribution in [1.82, 2.24) is 0 Å². The maximum Gasteiger partial charge on any atom is 0.147 e. The molecule has 0 aromatic heterocycles. The monoisotopic (exact) mass is 307 g/mol. The second kappa shape index (κ2) is 7.38. The van der Waals surface area contributed by atoms with Crippen molar-refractivity contribution in [1.29, 1.82) is 0 Å². The number of halogens is 1. The first kappa shape index (κ1) is 15.8. The number of benzene rings is 1. The maximum atomic E-state index is 11.0. The van der Waals surface area contributed by atoms with Crippen molar-refractivity contribution in [3.8, 4) is 0 Å². The normalized spacial score (nSPS) is 13.5. The zero-order valence-corrected chi connectivity index (χ0v) is 12.7. The van der Waals surface area contributed by atoms with Crippen molar-refractivity contribution in [2.75, 3.05) is 17.8 Å². The molecule has 1 rings (SSSR count). The van der Waals surface area contributed by atoms with Gasteiger partial charge >= 0.3 is 0 Å². The summed E-state index contributed by atoms with van der Waals surface area (Å²) in [6.45, 7) is 0. The van der Waals surface area contributed by atoms with E-state index in [1.165, 1.54) is 6.26 Å². The van der Waals surface area contributed by atoms with Crippen LogP contribution in [-0.2, 0) is 9.84 Å². The number of rotatable bonds is 7. The molecule has 0 radical (unpaired) electrons. The number of hydrogen-bond donors (Lipinski definition) is 1. The Bertz CT molecular complexity index is 477. The van der Waals surface area contributed by atoms with E-state index in [0.29, 0.717) is 11.4 Å². The van der Waals surface area contributed by atoms with E-state index in [2.05, 4.69) is 0 Å². The largest absolute Gasteiger partial charge is 0.327 e. The van der Waals surface area contributed by atoms with E-state index >= 15 is 0 Å². The highest BCUT2D eigenvalue weighted by Crippen LogP contribution is 2.22. The van der Waals surface area contributed by atoms with Crippen molar-refractivity contribution >= 4 is 33.2 Å². The third kappa shape index (κ3) is 7.26. The smallest absolute Gasteiger partial charge is 0.147 e. The van der Waals surface area contributed by atoms with Gasteiger partial charge in [-0.3, -0.25) is 0 Å². The molecule has 1 unspecified atom stereocenters. The summed E-state index contributed by atoms with van der Waals surface area (Å²) in [6, 6.07) is 7.63. The average Bonchev–Trinajstić information content (AvgIpc) is 2.25. The number of thioether (sulfide) groups is 1. The third-order valence-electron chi connectivity index (χ3n) is 2.35. The van der Waals surface area contributed by atoms with Gasteiger partial charge in [-0.05, 0) is 31.0 Å². The summed E-state index contributed by atoms with van der Waals surface area (Å²) < 4.78 is 21.9. The molecule has 0 amide bonds. The molecule has 0 aliphatic rings. The summed E-state index contributed by atoms with van der Waals surface area (Å²) in [5.74, 6) is 0.979. The molecule has 6 heteroatoms. The molecular weight excluding hydrogens is 290 g/mol. The third-order valence-corrected chi connectivity index (χ3v) is 4.80. The predicted octanol–water partition coefficient (Wildman–Crippen LogP) is 2.58. The zero-order chi connectivity index (χ0) is 13.6. The van der Waals surface area contributed by atoms with Gasteiger partial charge in [-0.15, -0.1) is 11.8 Å². The lowest BCUT2D eigenvalue weighted by atomic mass is 10.2. The topological polar surface area (TPSA) is 60.2 Å². The first-order valence-electron chi connectivity index (χ1n) is 5.68. The minimum atomic E-state index is -2.87. The van der Waals surface area contributed by atoms with Gasteiger partial charge in [-0.2, -0.15) is 0 Å². The summed E-state index contributed by atoms with van der Waals surface area (Å²) >= 11 is 7.52. The summed E-state index contributed by atoms with van der Waals surface area (Å²) in [5.41, 5.74) is 5.94. The summed E-state index contributed by atoms with van der Waals surface area (Å²) in [4.78, 5) is 1.08. The van der Waals surface area contributed by atoms with E-state index in [1.807, 2.05) is 24.3 Å². The molecule has 18 heavy (non-hydrogen) atoms. The van der Waals surface area contributed by atoms with Crippen molar-refractivity contribution in [3.05, 3.63) is 29.3 Å². The van der Waals surface area contributed by atoms with Gasteiger partial charge in [-0.1, -0.05) is 17.7 Å². The molecular formula is C12H18ClNO2S2. The van der Waals surface area contributed by atoms with Crippen LogP contribution in [0.3, 0.4) is 0 Å². The van der Waals surface area contributed by atoms with E-state index in [-0.39, 0.29) is 11.8 Å². The zero-order valence-electron chi connectivity index (χ0n) is 10.3. The highest BCUT2D eigenvalue weighted by Gasteiger charge is 2.07. The van der Waals surface area contributed by atoms with E-state index in [1.54, 1.807) is 11.8 Å². The Morgan fingerprint density at radius 1 is 1.44 bits per heavy atom. The summed E-state index contributed by atoms with van der Waals surface area (Å²) in [6.07, 6.45) is 2.59. The average molecular weight is 308 g/mol. The lowest BCUT2D eigenvalue weighted by Crippen LogP contribution is -2.23. The molecule has 1 aromatic rings. The van der Waals surface area contributed by atoms with Gasteiger partial charge in [0.05, 0.1) is 0 Å². The number of nitrogens with two attached hydrogens (primary N) is 1. The van der Waals surface area contributed by atoms with Crippen LogP contribution in [0.5, 0.6) is 0 Å². The fourth-order valence-electron chi connectivity index (χ4n) is 1.45. The van der Waals surface area contributed by atoms with Crippen LogP contribution in [0.25, 0.3) is 0 Å². The highest BCUT2D eigenvalue weighted by molar-refractivity contribution is 7.99. The molecule has 0 aliphatic carbocycles. The van der Waals surface area contributed by atoms with Gasteiger partial charge in [0, 0.05) is 33.7 Å². The quantitative estimate of drug-likeness (QED) is 0.787. The second-order valence-electron chi connectivity index (χ2n) is 4.30. The van der Waals surface area contributed by atoms with Gasteiger partial charge in [-0.25, -0.2) is 8.42 Å². The van der Waals surface area contributed by atoms with Gasteiger partial charge in [0.2, 0.25) is 0 Å². The molecule has 0 bridgehead atoms. The molecule has 1 aromatic carbocycles. The molecule has 0 aliphatic heterocycles. The van der Waals surface area contributed by atoms with Gasteiger partial charge in [0.1, 0.15) is 9.84 Å². The summed E-state index contributed by atoms with van der Waals surface area (Å²) in [5, 5.41) is 0.714. The Balaban J connectivity index is 2.27. The van der Waals surface area contributed by atoms with Crippen molar-refractivity contribution < 1.29 is 8.42 Å². The van der Waals surface area contributed by atoms with Crippen LogP contribution in [0, 0.1) is 0 Å². The predicted molar refractivity (Wildman–Crippen MR) is 79.1 cm³/mol.